The Labute approximate surface area is 134 Å². The van der Waals surface area contributed by atoms with Crippen LogP contribution in [0, 0.1) is 35.0 Å². The Morgan fingerprint density at radius 2 is 1.64 bits per heavy atom. The van der Waals surface area contributed by atoms with Crippen molar-refractivity contribution in [1.82, 2.24) is 0 Å². The summed E-state index contributed by atoms with van der Waals surface area (Å²) in [4.78, 5) is 23.9. The van der Waals surface area contributed by atoms with Crippen molar-refractivity contribution in [2.75, 3.05) is 13.2 Å². The summed E-state index contributed by atoms with van der Waals surface area (Å²) >= 11 is 0. The van der Waals surface area contributed by atoms with E-state index < -0.39 is 17.9 Å². The molecule has 0 aliphatic carbocycles. The van der Waals surface area contributed by atoms with Crippen molar-refractivity contribution in [3.63, 3.8) is 0 Å². The van der Waals surface area contributed by atoms with Crippen LogP contribution < -0.4 is 0 Å². The van der Waals surface area contributed by atoms with Gasteiger partial charge in [-0.15, -0.1) is 0 Å². The van der Waals surface area contributed by atoms with E-state index in [1.54, 1.807) is 13.8 Å². The summed E-state index contributed by atoms with van der Waals surface area (Å²) in [5.74, 6) is -1.50. The largest absolute Gasteiger partial charge is 0.466 e. The van der Waals surface area contributed by atoms with Crippen LogP contribution >= 0.6 is 0 Å². The molecule has 0 saturated heterocycles. The number of esters is 2. The average Bonchev–Trinajstić information content (AvgIpc) is 2.45. The summed E-state index contributed by atoms with van der Waals surface area (Å²) in [6, 6.07) is 2.28. The molecular formula is C17H29NO4. The number of hydrogen-bond donors (Lipinski definition) is 0. The van der Waals surface area contributed by atoms with Crippen molar-refractivity contribution in [2.24, 2.45) is 23.7 Å². The lowest BCUT2D eigenvalue weighted by atomic mass is 9.79. The third-order valence-corrected chi connectivity index (χ3v) is 3.77. The minimum atomic E-state index is -0.629. The quantitative estimate of drug-likeness (QED) is 0.578. The van der Waals surface area contributed by atoms with Crippen LogP contribution in [0.3, 0.4) is 0 Å². The number of nitrogens with zero attached hydrogens (tertiary/aromatic N) is 1. The lowest BCUT2D eigenvalue weighted by Gasteiger charge is -2.25. The topological polar surface area (TPSA) is 76.4 Å². The van der Waals surface area contributed by atoms with Gasteiger partial charge in [0.15, 0.2) is 0 Å². The van der Waals surface area contributed by atoms with Gasteiger partial charge in [0.1, 0.15) is 0 Å². The molecule has 0 aromatic heterocycles. The fourth-order valence-electron chi connectivity index (χ4n) is 2.37. The van der Waals surface area contributed by atoms with Gasteiger partial charge in [0, 0.05) is 5.92 Å². The number of hydrogen-bond acceptors (Lipinski definition) is 5. The molecule has 0 heterocycles. The van der Waals surface area contributed by atoms with E-state index in [0.29, 0.717) is 12.3 Å². The Hall–Kier alpha value is -1.57. The zero-order chi connectivity index (χ0) is 17.1. The summed E-state index contributed by atoms with van der Waals surface area (Å²) in [5.41, 5.74) is 0. The van der Waals surface area contributed by atoms with Crippen LogP contribution in [0.1, 0.15) is 53.9 Å². The predicted octanol–water partition coefficient (Wildman–Crippen LogP) is 3.33. The maximum atomic E-state index is 12.1. The van der Waals surface area contributed by atoms with E-state index in [1.165, 1.54) is 0 Å². The Balaban J connectivity index is 4.98. The molecule has 0 saturated carbocycles. The van der Waals surface area contributed by atoms with Crippen molar-refractivity contribution in [2.45, 2.75) is 53.9 Å². The Morgan fingerprint density at radius 1 is 1.05 bits per heavy atom. The van der Waals surface area contributed by atoms with Gasteiger partial charge in [-0.1, -0.05) is 20.8 Å². The van der Waals surface area contributed by atoms with E-state index in [2.05, 4.69) is 19.9 Å². The molecule has 5 nitrogen and oxygen atoms in total. The molecule has 0 radical (unpaired) electrons. The Bertz CT molecular complexity index is 387. The highest BCUT2D eigenvalue weighted by Crippen LogP contribution is 2.29. The van der Waals surface area contributed by atoms with Gasteiger partial charge in [-0.3, -0.25) is 9.59 Å². The molecule has 0 spiro atoms. The van der Waals surface area contributed by atoms with E-state index in [9.17, 15) is 14.9 Å². The molecule has 0 fully saturated rings. The first-order valence-corrected chi connectivity index (χ1v) is 8.09. The molecule has 126 valence electrons. The molecule has 22 heavy (non-hydrogen) atoms. The van der Waals surface area contributed by atoms with Gasteiger partial charge >= 0.3 is 11.9 Å². The van der Waals surface area contributed by atoms with Crippen molar-refractivity contribution < 1.29 is 19.1 Å². The van der Waals surface area contributed by atoms with Gasteiger partial charge in [0.05, 0.1) is 31.6 Å². The molecule has 0 N–H and O–H groups in total. The third-order valence-electron chi connectivity index (χ3n) is 3.77. The summed E-state index contributed by atoms with van der Waals surface area (Å²) < 4.78 is 10.0. The van der Waals surface area contributed by atoms with Gasteiger partial charge in [-0.2, -0.15) is 5.26 Å². The fraction of sp³-hybridized carbons (Fsp3) is 0.824. The molecule has 0 rings (SSSR count). The first kappa shape index (κ1) is 20.4. The number of ether oxygens (including phenoxy) is 2. The van der Waals surface area contributed by atoms with E-state index in [4.69, 9.17) is 9.47 Å². The van der Waals surface area contributed by atoms with Gasteiger partial charge in [0.25, 0.3) is 0 Å². The van der Waals surface area contributed by atoms with Gasteiger partial charge < -0.3 is 9.47 Å². The van der Waals surface area contributed by atoms with Gasteiger partial charge in [0.2, 0.25) is 0 Å². The summed E-state index contributed by atoms with van der Waals surface area (Å²) in [5, 5.41) is 9.39. The molecule has 0 amide bonds. The van der Waals surface area contributed by atoms with Crippen LogP contribution in [0.5, 0.6) is 0 Å². The maximum absolute atomic E-state index is 12.1. The second-order valence-electron chi connectivity index (χ2n) is 5.93. The first-order chi connectivity index (χ1) is 10.4. The van der Waals surface area contributed by atoms with Crippen LogP contribution in [0.25, 0.3) is 0 Å². The molecule has 0 bridgehead atoms. The number of nitriles is 1. The number of carbonyl (C=O) groups is 2. The monoisotopic (exact) mass is 311 g/mol. The Kier molecular flexibility index (Phi) is 10.3. The minimum Gasteiger partial charge on any atom is -0.466 e. The minimum absolute atomic E-state index is 0.0340. The highest BCUT2D eigenvalue weighted by molar-refractivity contribution is 5.80. The lowest BCUT2D eigenvalue weighted by molar-refractivity contribution is -0.157. The summed E-state index contributed by atoms with van der Waals surface area (Å²) in [6.45, 7) is 10.0. The number of rotatable bonds is 10. The van der Waals surface area contributed by atoms with E-state index in [1.807, 2.05) is 6.92 Å². The van der Waals surface area contributed by atoms with Crippen molar-refractivity contribution in [3.05, 3.63) is 0 Å². The molecule has 3 atom stereocenters. The SMILES string of the molecule is CCOC(=O)CC(C(=O)OCC)C(C)C(C#N)CCC(C)C. The van der Waals surface area contributed by atoms with Crippen LogP contribution in [-0.4, -0.2) is 25.2 Å². The van der Waals surface area contributed by atoms with E-state index in [0.717, 1.165) is 6.42 Å². The highest BCUT2D eigenvalue weighted by Gasteiger charge is 2.34. The van der Waals surface area contributed by atoms with Crippen molar-refractivity contribution in [3.8, 4) is 6.07 Å². The van der Waals surface area contributed by atoms with Crippen LogP contribution in [0.15, 0.2) is 0 Å². The van der Waals surface area contributed by atoms with Gasteiger partial charge in [-0.05, 0) is 38.5 Å². The highest BCUT2D eigenvalue weighted by atomic mass is 16.5. The molecule has 0 aliphatic heterocycles. The zero-order valence-electron chi connectivity index (χ0n) is 14.4. The normalized spacial score (nSPS) is 14.8. The molecule has 0 aromatic rings. The summed E-state index contributed by atoms with van der Waals surface area (Å²) in [7, 11) is 0. The summed E-state index contributed by atoms with van der Waals surface area (Å²) in [6.07, 6.45) is 1.60. The van der Waals surface area contributed by atoms with Crippen LogP contribution in [0.2, 0.25) is 0 Å². The van der Waals surface area contributed by atoms with E-state index in [-0.39, 0.29) is 31.5 Å². The van der Waals surface area contributed by atoms with Crippen molar-refractivity contribution >= 4 is 11.9 Å². The van der Waals surface area contributed by atoms with Crippen LogP contribution in [0.4, 0.5) is 0 Å². The Morgan fingerprint density at radius 3 is 2.09 bits per heavy atom. The molecule has 0 aromatic carbocycles. The van der Waals surface area contributed by atoms with Gasteiger partial charge in [-0.25, -0.2) is 0 Å². The molecular weight excluding hydrogens is 282 g/mol. The molecule has 5 heteroatoms. The second-order valence-corrected chi connectivity index (χ2v) is 5.93. The standard InChI is InChI=1S/C17H29NO4/c1-6-21-16(19)10-15(17(20)22-7-2)13(5)14(11-18)9-8-12(3)4/h12-15H,6-10H2,1-5H3. The predicted molar refractivity (Wildman–Crippen MR) is 83.7 cm³/mol. The van der Waals surface area contributed by atoms with Crippen molar-refractivity contribution in [1.29, 1.82) is 5.26 Å². The molecule has 0 aliphatic rings. The maximum Gasteiger partial charge on any atom is 0.309 e. The zero-order valence-corrected chi connectivity index (χ0v) is 14.4. The molecule has 3 unspecified atom stereocenters. The third kappa shape index (κ3) is 7.44. The average molecular weight is 311 g/mol. The van der Waals surface area contributed by atoms with Crippen LogP contribution in [-0.2, 0) is 19.1 Å². The number of carbonyl (C=O) groups excluding carboxylic acids is 2. The van der Waals surface area contributed by atoms with E-state index >= 15 is 0 Å². The second kappa shape index (κ2) is 11.1. The lowest BCUT2D eigenvalue weighted by Crippen LogP contribution is -2.31. The smallest absolute Gasteiger partial charge is 0.309 e. The first-order valence-electron chi connectivity index (χ1n) is 8.09. The fourth-order valence-corrected chi connectivity index (χ4v) is 2.37.